The third-order valence-corrected chi connectivity index (χ3v) is 7.36. The molecule has 2 amide bonds. The van der Waals surface area contributed by atoms with Gasteiger partial charge in [0.2, 0.25) is 5.91 Å². The van der Waals surface area contributed by atoms with Crippen molar-refractivity contribution in [1.29, 1.82) is 0 Å². The molecule has 6 rings (SSSR count). The van der Waals surface area contributed by atoms with E-state index in [4.69, 9.17) is 4.74 Å². The van der Waals surface area contributed by atoms with Crippen molar-refractivity contribution < 1.29 is 14.3 Å². The second kappa shape index (κ2) is 8.75. The Morgan fingerprint density at radius 1 is 1.03 bits per heavy atom. The standard InChI is InChI=1S/C29H28N4O3/c1-31-24-9-5-4-8-23(24)29(35)32-16-15-22-21-7-3-6-10-25(21)33(27(22)28(31)32)18-26(34)30-17-19-11-13-20(36-2)14-12-19/h3-14,28H,15-18H2,1-2H3,(H,30,34). The van der Waals surface area contributed by atoms with Gasteiger partial charge in [-0.15, -0.1) is 0 Å². The van der Waals surface area contributed by atoms with E-state index >= 15 is 0 Å². The summed E-state index contributed by atoms with van der Waals surface area (Å²) in [7, 11) is 3.67. The summed E-state index contributed by atoms with van der Waals surface area (Å²) in [6.45, 7) is 1.26. The Morgan fingerprint density at radius 3 is 2.58 bits per heavy atom. The van der Waals surface area contributed by atoms with Crippen LogP contribution < -0.4 is 15.0 Å². The van der Waals surface area contributed by atoms with Crippen molar-refractivity contribution in [1.82, 2.24) is 14.8 Å². The monoisotopic (exact) mass is 480 g/mol. The summed E-state index contributed by atoms with van der Waals surface area (Å²) < 4.78 is 7.32. The topological polar surface area (TPSA) is 66.8 Å². The van der Waals surface area contributed by atoms with Crippen LogP contribution >= 0.6 is 0 Å². The number of rotatable bonds is 5. The second-order valence-electron chi connectivity index (χ2n) is 9.34. The average Bonchev–Trinajstić information content (AvgIpc) is 3.24. The lowest BCUT2D eigenvalue weighted by molar-refractivity contribution is -0.121. The van der Waals surface area contributed by atoms with Crippen molar-refractivity contribution in [2.75, 3.05) is 25.6 Å². The SMILES string of the molecule is COc1ccc(CNC(=O)Cn2c3c(c4ccccc42)CCN2C(=O)c4ccccc4N(C)C32)cc1. The summed E-state index contributed by atoms with van der Waals surface area (Å²) in [5.41, 5.74) is 5.89. The van der Waals surface area contributed by atoms with Crippen molar-refractivity contribution in [2.24, 2.45) is 0 Å². The lowest BCUT2D eigenvalue weighted by atomic mass is 9.96. The van der Waals surface area contributed by atoms with Crippen molar-refractivity contribution in [3.05, 3.63) is 95.2 Å². The molecule has 182 valence electrons. The number of aromatic nitrogens is 1. The lowest BCUT2D eigenvalue weighted by Crippen LogP contribution is -2.51. The highest BCUT2D eigenvalue weighted by Crippen LogP contribution is 2.44. The number of nitrogens with zero attached hydrogens (tertiary/aromatic N) is 3. The van der Waals surface area contributed by atoms with E-state index in [-0.39, 0.29) is 24.5 Å². The molecular formula is C29H28N4O3. The van der Waals surface area contributed by atoms with Gasteiger partial charge in [-0.3, -0.25) is 9.59 Å². The van der Waals surface area contributed by atoms with Crippen LogP contribution in [0, 0.1) is 0 Å². The maximum atomic E-state index is 13.5. The normalized spacial score (nSPS) is 16.4. The predicted octanol–water partition coefficient (Wildman–Crippen LogP) is 4.11. The molecule has 4 aromatic rings. The molecule has 7 heteroatoms. The molecule has 1 N–H and O–H groups in total. The molecule has 0 spiro atoms. The number of nitrogens with one attached hydrogen (secondary N) is 1. The fourth-order valence-electron chi connectivity index (χ4n) is 5.62. The first-order valence-electron chi connectivity index (χ1n) is 12.2. The number of hydrogen-bond donors (Lipinski definition) is 1. The van der Waals surface area contributed by atoms with Crippen LogP contribution in [0.3, 0.4) is 0 Å². The third-order valence-electron chi connectivity index (χ3n) is 7.36. The summed E-state index contributed by atoms with van der Waals surface area (Å²) in [5.74, 6) is 0.754. The zero-order valence-corrected chi connectivity index (χ0v) is 20.4. The second-order valence-corrected chi connectivity index (χ2v) is 9.34. The van der Waals surface area contributed by atoms with Gasteiger partial charge in [0, 0.05) is 31.0 Å². The molecule has 36 heavy (non-hydrogen) atoms. The average molecular weight is 481 g/mol. The summed E-state index contributed by atoms with van der Waals surface area (Å²) in [5, 5.41) is 4.21. The number of ether oxygens (including phenoxy) is 1. The smallest absolute Gasteiger partial charge is 0.257 e. The molecule has 0 saturated heterocycles. The first kappa shape index (κ1) is 22.2. The molecule has 0 fully saturated rings. The van der Waals surface area contributed by atoms with Crippen LogP contribution in [0.15, 0.2) is 72.8 Å². The Bertz CT molecular complexity index is 1470. The van der Waals surface area contributed by atoms with Crippen LogP contribution in [-0.4, -0.2) is 42.0 Å². The highest BCUT2D eigenvalue weighted by atomic mass is 16.5. The van der Waals surface area contributed by atoms with Crippen molar-refractivity contribution in [3.63, 3.8) is 0 Å². The van der Waals surface area contributed by atoms with Gasteiger partial charge in [0.25, 0.3) is 5.91 Å². The van der Waals surface area contributed by atoms with Crippen LogP contribution in [-0.2, 0) is 24.3 Å². The minimum Gasteiger partial charge on any atom is -0.497 e. The van der Waals surface area contributed by atoms with E-state index in [1.807, 2.05) is 72.6 Å². The van der Waals surface area contributed by atoms with Gasteiger partial charge in [-0.25, -0.2) is 0 Å². The van der Waals surface area contributed by atoms with Crippen LogP contribution in [0.2, 0.25) is 0 Å². The van der Waals surface area contributed by atoms with Crippen LogP contribution in [0.4, 0.5) is 5.69 Å². The number of methoxy groups -OCH3 is 1. The van der Waals surface area contributed by atoms with Crippen LogP contribution in [0.1, 0.15) is 33.3 Å². The number of benzene rings is 3. The molecule has 0 aliphatic carbocycles. The summed E-state index contributed by atoms with van der Waals surface area (Å²) in [4.78, 5) is 30.8. The fourth-order valence-corrected chi connectivity index (χ4v) is 5.62. The summed E-state index contributed by atoms with van der Waals surface area (Å²) in [6, 6.07) is 23.6. The molecule has 0 saturated carbocycles. The van der Waals surface area contributed by atoms with Crippen molar-refractivity contribution >= 4 is 28.4 Å². The molecule has 1 aromatic heterocycles. The van der Waals surface area contributed by atoms with Gasteiger partial charge in [-0.05, 0) is 47.9 Å². The Balaban J connectivity index is 1.36. The highest BCUT2D eigenvalue weighted by molar-refractivity contribution is 6.02. The van der Waals surface area contributed by atoms with Crippen molar-refractivity contribution in [2.45, 2.75) is 25.7 Å². The molecule has 0 radical (unpaired) electrons. The van der Waals surface area contributed by atoms with E-state index in [0.29, 0.717) is 13.1 Å². The molecule has 0 bridgehead atoms. The van der Waals surface area contributed by atoms with Gasteiger partial charge in [0.1, 0.15) is 18.5 Å². The quantitative estimate of drug-likeness (QED) is 0.467. The largest absolute Gasteiger partial charge is 0.497 e. The summed E-state index contributed by atoms with van der Waals surface area (Å²) in [6.07, 6.45) is 0.493. The van der Waals surface area contributed by atoms with Crippen LogP contribution in [0.5, 0.6) is 5.75 Å². The maximum absolute atomic E-state index is 13.5. The van der Waals surface area contributed by atoms with Gasteiger partial charge >= 0.3 is 0 Å². The Morgan fingerprint density at radius 2 is 1.78 bits per heavy atom. The van der Waals surface area contributed by atoms with E-state index in [1.54, 1.807) is 7.11 Å². The van der Waals surface area contributed by atoms with Gasteiger partial charge < -0.3 is 24.4 Å². The predicted molar refractivity (Wildman–Crippen MR) is 139 cm³/mol. The number of fused-ring (bicyclic) bond motifs is 6. The number of carbonyl (C=O) groups excluding carboxylic acids is 2. The fraction of sp³-hybridized carbons (Fsp3) is 0.241. The lowest BCUT2D eigenvalue weighted by Gasteiger charge is -2.46. The Kier molecular flexibility index (Phi) is 5.40. The molecule has 7 nitrogen and oxygen atoms in total. The van der Waals surface area contributed by atoms with E-state index in [1.165, 1.54) is 5.56 Å². The highest BCUT2D eigenvalue weighted by Gasteiger charge is 2.42. The number of para-hydroxylation sites is 2. The van der Waals surface area contributed by atoms with Gasteiger partial charge in [-0.1, -0.05) is 42.5 Å². The number of hydrogen-bond acceptors (Lipinski definition) is 4. The van der Waals surface area contributed by atoms with Crippen LogP contribution in [0.25, 0.3) is 10.9 Å². The van der Waals surface area contributed by atoms with E-state index < -0.39 is 0 Å². The molecule has 3 aromatic carbocycles. The van der Waals surface area contributed by atoms with E-state index in [2.05, 4.69) is 26.9 Å². The first-order valence-corrected chi connectivity index (χ1v) is 12.2. The Labute approximate surface area is 209 Å². The van der Waals surface area contributed by atoms with Gasteiger partial charge in [0.15, 0.2) is 0 Å². The van der Waals surface area contributed by atoms with Gasteiger partial charge in [0.05, 0.1) is 24.1 Å². The molecule has 2 aliphatic rings. The minimum atomic E-state index is -0.266. The maximum Gasteiger partial charge on any atom is 0.257 e. The first-order chi connectivity index (χ1) is 17.6. The van der Waals surface area contributed by atoms with E-state index in [9.17, 15) is 9.59 Å². The molecule has 3 heterocycles. The minimum absolute atomic E-state index is 0.0418. The summed E-state index contributed by atoms with van der Waals surface area (Å²) >= 11 is 0. The zero-order chi connectivity index (χ0) is 24.8. The molecule has 1 unspecified atom stereocenters. The molecule has 2 aliphatic heterocycles. The third kappa shape index (κ3) is 3.50. The zero-order valence-electron chi connectivity index (χ0n) is 20.4. The number of amides is 2. The number of anilines is 1. The molecule has 1 atom stereocenters. The van der Waals surface area contributed by atoms with Crippen molar-refractivity contribution in [3.8, 4) is 5.75 Å². The van der Waals surface area contributed by atoms with E-state index in [0.717, 1.165) is 45.6 Å². The number of carbonyl (C=O) groups is 2. The molecular weight excluding hydrogens is 452 g/mol. The van der Waals surface area contributed by atoms with Gasteiger partial charge in [-0.2, -0.15) is 0 Å². The Hall–Kier alpha value is -4.26.